The Labute approximate surface area is 114 Å². The molecule has 7 heteroatoms. The number of rotatable bonds is 3. The summed E-state index contributed by atoms with van der Waals surface area (Å²) in [5, 5.41) is 12.7. The summed E-state index contributed by atoms with van der Waals surface area (Å²) in [6.45, 7) is 1.47. The number of carboxylic acids is 1. The van der Waals surface area contributed by atoms with Gasteiger partial charge in [0.15, 0.2) is 0 Å². The molecule has 0 saturated carbocycles. The van der Waals surface area contributed by atoms with Crippen molar-refractivity contribution >= 4 is 5.97 Å². The van der Waals surface area contributed by atoms with Crippen LogP contribution in [0.15, 0.2) is 28.8 Å². The maximum absolute atomic E-state index is 10.8. The minimum absolute atomic E-state index is 0.206. The predicted octanol–water partition coefficient (Wildman–Crippen LogP) is 1.52. The van der Waals surface area contributed by atoms with Crippen LogP contribution < -0.4 is 0 Å². The second-order valence-corrected chi connectivity index (χ2v) is 4.27. The molecule has 1 aromatic carbocycles. The first-order valence-electron chi connectivity index (χ1n) is 6.11. The molecule has 2 aromatic rings. The summed E-state index contributed by atoms with van der Waals surface area (Å²) in [5.41, 5.74) is 0.864. The largest absolute Gasteiger partial charge is 0.478 e. The van der Waals surface area contributed by atoms with Crippen molar-refractivity contribution in [3.8, 4) is 11.5 Å². The lowest BCUT2D eigenvalue weighted by Gasteiger charge is -2.19. The maximum Gasteiger partial charge on any atom is 0.335 e. The van der Waals surface area contributed by atoms with Gasteiger partial charge in [-0.05, 0) is 24.3 Å². The molecule has 3 rings (SSSR count). The first-order valence-corrected chi connectivity index (χ1v) is 6.11. The second-order valence-electron chi connectivity index (χ2n) is 4.27. The molecule has 20 heavy (non-hydrogen) atoms. The fraction of sp³-hybridized carbons (Fsp3) is 0.308. The fourth-order valence-electron chi connectivity index (χ4n) is 1.88. The zero-order valence-corrected chi connectivity index (χ0v) is 10.5. The summed E-state index contributed by atoms with van der Waals surface area (Å²) >= 11 is 0. The van der Waals surface area contributed by atoms with E-state index >= 15 is 0 Å². The van der Waals surface area contributed by atoms with E-state index in [1.807, 2.05) is 0 Å². The van der Waals surface area contributed by atoms with Gasteiger partial charge in [0.05, 0.1) is 25.4 Å². The van der Waals surface area contributed by atoms with Crippen molar-refractivity contribution in [1.82, 2.24) is 10.1 Å². The molecule has 7 nitrogen and oxygen atoms in total. The average Bonchev–Trinajstić information content (AvgIpc) is 2.98. The van der Waals surface area contributed by atoms with Gasteiger partial charge >= 0.3 is 5.97 Å². The molecule has 0 radical (unpaired) electrons. The van der Waals surface area contributed by atoms with Crippen LogP contribution in [-0.4, -0.2) is 41.0 Å². The van der Waals surface area contributed by atoms with Crippen molar-refractivity contribution < 1.29 is 23.9 Å². The molecule has 1 atom stereocenters. The van der Waals surface area contributed by atoms with E-state index in [4.69, 9.17) is 19.1 Å². The highest BCUT2D eigenvalue weighted by atomic mass is 16.6. The third kappa shape index (κ3) is 2.54. The molecule has 1 saturated heterocycles. The summed E-state index contributed by atoms with van der Waals surface area (Å²) in [6.07, 6.45) is -0.320. The highest BCUT2D eigenvalue weighted by molar-refractivity contribution is 5.88. The number of nitrogens with zero attached hydrogens (tertiary/aromatic N) is 2. The van der Waals surface area contributed by atoms with Crippen molar-refractivity contribution in [2.45, 2.75) is 6.10 Å². The molecular formula is C13H12N2O5. The molecule has 1 fully saturated rings. The summed E-state index contributed by atoms with van der Waals surface area (Å²) in [4.78, 5) is 15.0. The van der Waals surface area contributed by atoms with Crippen LogP contribution >= 0.6 is 0 Å². The van der Waals surface area contributed by atoms with Gasteiger partial charge in [0.2, 0.25) is 5.82 Å². The van der Waals surface area contributed by atoms with Crippen LogP contribution in [0.5, 0.6) is 0 Å². The Bertz CT molecular complexity index is 601. The van der Waals surface area contributed by atoms with Gasteiger partial charge in [-0.25, -0.2) is 4.79 Å². The van der Waals surface area contributed by atoms with Gasteiger partial charge in [0.25, 0.3) is 5.89 Å². The number of hydrogen-bond donors (Lipinski definition) is 1. The van der Waals surface area contributed by atoms with Crippen LogP contribution in [0.25, 0.3) is 11.5 Å². The summed E-state index contributed by atoms with van der Waals surface area (Å²) in [7, 11) is 0. The van der Waals surface area contributed by atoms with E-state index in [1.165, 1.54) is 12.1 Å². The Morgan fingerprint density at radius 1 is 1.25 bits per heavy atom. The number of carboxylic acid groups (broad SMARTS) is 1. The Morgan fingerprint density at radius 2 is 2.05 bits per heavy atom. The van der Waals surface area contributed by atoms with Crippen LogP contribution in [0.1, 0.15) is 22.3 Å². The van der Waals surface area contributed by atoms with E-state index in [9.17, 15) is 4.79 Å². The molecular weight excluding hydrogens is 264 g/mol. The Morgan fingerprint density at radius 3 is 2.70 bits per heavy atom. The van der Waals surface area contributed by atoms with Crippen LogP contribution in [0.4, 0.5) is 0 Å². The van der Waals surface area contributed by atoms with E-state index in [2.05, 4.69) is 10.1 Å². The van der Waals surface area contributed by atoms with E-state index < -0.39 is 5.97 Å². The summed E-state index contributed by atoms with van der Waals surface area (Å²) in [5.74, 6) is -0.219. The van der Waals surface area contributed by atoms with Gasteiger partial charge in [-0.2, -0.15) is 4.98 Å². The van der Waals surface area contributed by atoms with Gasteiger partial charge in [0, 0.05) is 5.56 Å². The minimum atomic E-state index is -0.976. The third-order valence-electron chi connectivity index (χ3n) is 2.92. The van der Waals surface area contributed by atoms with E-state index in [0.29, 0.717) is 37.1 Å². The van der Waals surface area contributed by atoms with Crippen molar-refractivity contribution in [3.05, 3.63) is 35.7 Å². The fourth-order valence-corrected chi connectivity index (χ4v) is 1.88. The third-order valence-corrected chi connectivity index (χ3v) is 2.92. The van der Waals surface area contributed by atoms with Gasteiger partial charge in [-0.15, -0.1) is 0 Å². The predicted molar refractivity (Wildman–Crippen MR) is 66.2 cm³/mol. The molecule has 0 spiro atoms. The topological polar surface area (TPSA) is 94.7 Å². The minimum Gasteiger partial charge on any atom is -0.478 e. The quantitative estimate of drug-likeness (QED) is 0.908. The Kier molecular flexibility index (Phi) is 3.44. The number of carbonyl (C=O) groups is 1. The molecule has 1 unspecified atom stereocenters. The molecule has 104 valence electrons. The molecule has 0 bridgehead atoms. The summed E-state index contributed by atoms with van der Waals surface area (Å²) < 4.78 is 15.9. The van der Waals surface area contributed by atoms with E-state index in [1.54, 1.807) is 12.1 Å². The summed E-state index contributed by atoms with van der Waals surface area (Å²) in [6, 6.07) is 6.22. The Balaban J connectivity index is 1.80. The molecule has 1 N–H and O–H groups in total. The molecule has 0 amide bonds. The standard InChI is InChI=1S/C13H12N2O5/c16-13(17)9-3-1-8(2-4-9)12-14-11(15-20-12)10-7-18-5-6-19-10/h1-4,10H,5-7H2,(H,16,17). The number of ether oxygens (including phenoxy) is 2. The number of hydrogen-bond acceptors (Lipinski definition) is 6. The van der Waals surface area contributed by atoms with Crippen molar-refractivity contribution in [1.29, 1.82) is 0 Å². The molecule has 2 heterocycles. The first-order chi connectivity index (χ1) is 9.74. The number of aromatic carboxylic acids is 1. The monoisotopic (exact) mass is 276 g/mol. The lowest BCUT2D eigenvalue weighted by atomic mass is 10.1. The molecule has 1 aliphatic heterocycles. The zero-order valence-electron chi connectivity index (χ0n) is 10.5. The normalized spacial score (nSPS) is 18.9. The van der Waals surface area contributed by atoms with Crippen molar-refractivity contribution in [3.63, 3.8) is 0 Å². The van der Waals surface area contributed by atoms with Crippen LogP contribution in [0, 0.1) is 0 Å². The highest BCUT2D eigenvalue weighted by Gasteiger charge is 2.22. The van der Waals surface area contributed by atoms with E-state index in [0.717, 1.165) is 0 Å². The highest BCUT2D eigenvalue weighted by Crippen LogP contribution is 2.23. The van der Waals surface area contributed by atoms with Gasteiger partial charge in [0.1, 0.15) is 6.10 Å². The smallest absolute Gasteiger partial charge is 0.335 e. The van der Waals surface area contributed by atoms with Gasteiger partial charge < -0.3 is 19.1 Å². The van der Waals surface area contributed by atoms with Crippen LogP contribution in [0.3, 0.4) is 0 Å². The number of benzene rings is 1. The van der Waals surface area contributed by atoms with Crippen LogP contribution in [0.2, 0.25) is 0 Å². The van der Waals surface area contributed by atoms with Gasteiger partial charge in [-0.3, -0.25) is 0 Å². The SMILES string of the molecule is O=C(O)c1ccc(-c2nc(C3COCCO3)no2)cc1. The van der Waals surface area contributed by atoms with Gasteiger partial charge in [-0.1, -0.05) is 5.16 Å². The Hall–Kier alpha value is -2.25. The van der Waals surface area contributed by atoms with E-state index in [-0.39, 0.29) is 11.7 Å². The first kappa shape index (κ1) is 12.8. The number of aromatic nitrogens is 2. The zero-order chi connectivity index (χ0) is 13.9. The van der Waals surface area contributed by atoms with Crippen molar-refractivity contribution in [2.24, 2.45) is 0 Å². The molecule has 1 aliphatic rings. The van der Waals surface area contributed by atoms with Crippen LogP contribution in [-0.2, 0) is 9.47 Å². The second kappa shape index (κ2) is 5.40. The maximum atomic E-state index is 10.8. The molecule has 0 aliphatic carbocycles. The lowest BCUT2D eigenvalue weighted by Crippen LogP contribution is -2.22. The lowest BCUT2D eigenvalue weighted by molar-refractivity contribution is -0.0941. The molecule has 1 aromatic heterocycles. The average molecular weight is 276 g/mol. The van der Waals surface area contributed by atoms with Crippen molar-refractivity contribution in [2.75, 3.05) is 19.8 Å².